The number of quaternary nitrogens is 1. The maximum absolute atomic E-state index is 14.3. The van der Waals surface area contributed by atoms with Crippen molar-refractivity contribution in [3.63, 3.8) is 0 Å². The van der Waals surface area contributed by atoms with Crippen LogP contribution < -0.4 is 0 Å². The lowest BCUT2D eigenvalue weighted by molar-refractivity contribution is -0.966. The SMILES string of the molecule is CC(=O)OC1C2C3C[C@H]4C5=Nc6ccccc6[C@]51C[C@@H]2[N+]4([O-])[C@@H](C)[C@@H]3C=O. The van der Waals surface area contributed by atoms with Crippen molar-refractivity contribution in [1.29, 1.82) is 0 Å². The molecular formula is C21H22N2O4. The van der Waals surface area contributed by atoms with E-state index in [0.29, 0.717) is 12.8 Å². The van der Waals surface area contributed by atoms with Crippen molar-refractivity contribution in [1.82, 2.24) is 0 Å². The second-order valence-corrected chi connectivity index (χ2v) is 9.00. The molecular weight excluding hydrogens is 344 g/mol. The van der Waals surface area contributed by atoms with E-state index in [9.17, 15) is 14.8 Å². The molecule has 0 N–H and O–H groups in total. The van der Waals surface area contributed by atoms with Crippen molar-refractivity contribution in [3.05, 3.63) is 35.0 Å². The number of hydrogen-bond acceptors (Lipinski definition) is 5. The predicted molar refractivity (Wildman–Crippen MR) is 97.2 cm³/mol. The molecule has 6 nitrogen and oxygen atoms in total. The van der Waals surface area contributed by atoms with E-state index in [-0.39, 0.29) is 46.5 Å². The molecule has 1 aliphatic carbocycles. The van der Waals surface area contributed by atoms with Gasteiger partial charge in [0.2, 0.25) is 0 Å². The van der Waals surface area contributed by atoms with Gasteiger partial charge in [0.1, 0.15) is 18.4 Å². The summed E-state index contributed by atoms with van der Waals surface area (Å²) < 4.78 is 5.59. The Kier molecular flexibility index (Phi) is 2.76. The number of para-hydroxylation sites is 1. The Morgan fingerprint density at radius 2 is 2.19 bits per heavy atom. The molecule has 1 spiro atoms. The number of hydrogen-bond donors (Lipinski definition) is 0. The normalized spacial score (nSPS) is 50.2. The van der Waals surface area contributed by atoms with Crippen LogP contribution in [0.5, 0.6) is 0 Å². The minimum atomic E-state index is -0.485. The van der Waals surface area contributed by atoms with E-state index in [1.165, 1.54) is 6.92 Å². The molecule has 5 bridgehead atoms. The lowest BCUT2D eigenvalue weighted by Gasteiger charge is -2.69. The number of ether oxygens (including phenoxy) is 1. The summed E-state index contributed by atoms with van der Waals surface area (Å²) in [6, 6.07) is 7.38. The van der Waals surface area contributed by atoms with Gasteiger partial charge in [-0.2, -0.15) is 0 Å². The zero-order valence-electron chi connectivity index (χ0n) is 15.4. The second kappa shape index (κ2) is 4.67. The first-order chi connectivity index (χ1) is 12.9. The Hall–Kier alpha value is -2.05. The molecule has 1 aromatic carbocycles. The van der Waals surface area contributed by atoms with Crippen LogP contribution in [-0.4, -0.2) is 46.8 Å². The number of aliphatic imine (C=N–C) groups is 1. The van der Waals surface area contributed by atoms with Crippen LogP contribution in [0.25, 0.3) is 0 Å². The second-order valence-electron chi connectivity index (χ2n) is 9.00. The van der Waals surface area contributed by atoms with Gasteiger partial charge >= 0.3 is 5.97 Å². The molecule has 0 radical (unpaired) electrons. The van der Waals surface area contributed by atoms with Crippen LogP contribution in [0.2, 0.25) is 0 Å². The summed E-state index contributed by atoms with van der Waals surface area (Å²) in [6.45, 7) is 3.36. The largest absolute Gasteiger partial charge is 0.632 e. The van der Waals surface area contributed by atoms with Crippen molar-refractivity contribution in [2.45, 2.75) is 56.3 Å². The average molecular weight is 366 g/mol. The molecule has 5 heterocycles. The fraction of sp³-hybridized carbons (Fsp3) is 0.571. The van der Waals surface area contributed by atoms with Gasteiger partial charge in [-0.15, -0.1) is 0 Å². The minimum absolute atomic E-state index is 0.0760. The fourth-order valence-electron chi connectivity index (χ4n) is 7.55. The predicted octanol–water partition coefficient (Wildman–Crippen LogP) is 2.26. The van der Waals surface area contributed by atoms with E-state index in [0.717, 1.165) is 23.2 Å². The first-order valence-corrected chi connectivity index (χ1v) is 9.84. The third-order valence-electron chi connectivity index (χ3n) is 8.34. The molecule has 5 aliphatic heterocycles. The first kappa shape index (κ1) is 16.0. The van der Waals surface area contributed by atoms with Crippen molar-refractivity contribution in [2.75, 3.05) is 0 Å². The number of nitrogens with zero attached hydrogens (tertiary/aromatic N) is 2. The van der Waals surface area contributed by atoms with Gasteiger partial charge in [-0.05, 0) is 24.5 Å². The lowest BCUT2D eigenvalue weighted by atomic mass is 9.62. The highest BCUT2D eigenvalue weighted by molar-refractivity contribution is 6.07. The van der Waals surface area contributed by atoms with Gasteiger partial charge in [0, 0.05) is 19.8 Å². The van der Waals surface area contributed by atoms with E-state index in [1.54, 1.807) is 0 Å². The standard InChI is InChI=1S/C21H22N2O4/c1-10-13(9-24)12-7-16-19-21(14-5-3-4-6-15(14)22-19)8-17(23(10,16)26)18(12)20(21)27-11(2)25/h3-6,9-10,12-13,16-18,20H,7-8H2,1-2H3/t10-,12?,13-,16-,17-,18?,20?,21+,23?/m0/s1. The maximum Gasteiger partial charge on any atom is 0.302 e. The fourth-order valence-corrected chi connectivity index (χ4v) is 7.55. The van der Waals surface area contributed by atoms with Gasteiger partial charge in [-0.3, -0.25) is 9.79 Å². The third kappa shape index (κ3) is 1.49. The van der Waals surface area contributed by atoms with Gasteiger partial charge in [-0.1, -0.05) is 18.2 Å². The average Bonchev–Trinajstić information content (AvgIpc) is 3.10. The van der Waals surface area contributed by atoms with Crippen LogP contribution in [0.1, 0.15) is 32.3 Å². The van der Waals surface area contributed by atoms with Gasteiger partial charge < -0.3 is 19.4 Å². The van der Waals surface area contributed by atoms with E-state index in [4.69, 9.17) is 9.73 Å². The monoisotopic (exact) mass is 366 g/mol. The van der Waals surface area contributed by atoms with E-state index >= 15 is 0 Å². The molecule has 1 saturated carbocycles. The molecule has 0 amide bonds. The van der Waals surface area contributed by atoms with E-state index in [2.05, 4.69) is 6.07 Å². The Balaban J connectivity index is 1.64. The Bertz CT molecular complexity index is 929. The molecule has 4 saturated heterocycles. The number of carbonyl (C=O) groups is 2. The van der Waals surface area contributed by atoms with Crippen molar-refractivity contribution < 1.29 is 19.0 Å². The van der Waals surface area contributed by atoms with E-state index < -0.39 is 11.5 Å². The van der Waals surface area contributed by atoms with Gasteiger partial charge in [0.05, 0.1) is 40.7 Å². The summed E-state index contributed by atoms with van der Waals surface area (Å²) in [4.78, 5) is 28.9. The molecule has 6 aliphatic rings. The van der Waals surface area contributed by atoms with Gasteiger partial charge in [0.25, 0.3) is 0 Å². The zero-order chi connectivity index (χ0) is 18.7. The summed E-state index contributed by atoms with van der Waals surface area (Å²) >= 11 is 0. The number of aldehydes is 1. The molecule has 5 fully saturated rings. The molecule has 9 atom stereocenters. The molecule has 7 rings (SSSR count). The highest BCUT2D eigenvalue weighted by Crippen LogP contribution is 2.69. The Morgan fingerprint density at radius 1 is 1.41 bits per heavy atom. The number of rotatable bonds is 2. The summed E-state index contributed by atoms with van der Waals surface area (Å²) in [6.07, 6.45) is 1.91. The minimum Gasteiger partial charge on any atom is -0.632 e. The number of benzene rings is 1. The topological polar surface area (TPSA) is 78.8 Å². The number of fused-ring (bicyclic) bond motifs is 2. The number of piperidine rings is 4. The first-order valence-electron chi connectivity index (χ1n) is 9.84. The van der Waals surface area contributed by atoms with Crippen LogP contribution in [0, 0.1) is 23.0 Å². The highest BCUT2D eigenvalue weighted by Gasteiger charge is 2.80. The molecule has 27 heavy (non-hydrogen) atoms. The smallest absolute Gasteiger partial charge is 0.302 e. The number of carbonyl (C=O) groups excluding carboxylic acids is 2. The van der Waals surface area contributed by atoms with Crippen molar-refractivity contribution in [3.8, 4) is 0 Å². The quantitative estimate of drug-likeness (QED) is 0.348. The van der Waals surface area contributed by atoms with Crippen LogP contribution in [0.15, 0.2) is 29.3 Å². The van der Waals surface area contributed by atoms with Crippen molar-refractivity contribution in [2.24, 2.45) is 22.7 Å². The third-order valence-corrected chi connectivity index (χ3v) is 8.34. The number of hydroxylamine groups is 3. The Labute approximate surface area is 157 Å². The molecule has 0 aromatic heterocycles. The summed E-state index contributed by atoms with van der Waals surface area (Å²) in [5.74, 6) is -0.588. The lowest BCUT2D eigenvalue weighted by Crippen LogP contribution is -2.78. The molecule has 1 aromatic rings. The molecule has 6 heteroatoms. The van der Waals surface area contributed by atoms with Gasteiger partial charge in [0.15, 0.2) is 0 Å². The van der Waals surface area contributed by atoms with Crippen LogP contribution in [0.4, 0.5) is 5.69 Å². The zero-order valence-corrected chi connectivity index (χ0v) is 15.4. The van der Waals surface area contributed by atoms with Crippen molar-refractivity contribution >= 4 is 23.7 Å². The molecule has 4 unspecified atom stereocenters. The summed E-state index contributed by atoms with van der Waals surface area (Å²) in [5.41, 5.74) is 2.41. The van der Waals surface area contributed by atoms with Crippen LogP contribution in [0.3, 0.4) is 0 Å². The molecule has 140 valence electrons. The van der Waals surface area contributed by atoms with Gasteiger partial charge in [-0.25, -0.2) is 0 Å². The summed E-state index contributed by atoms with van der Waals surface area (Å²) in [7, 11) is 0. The highest BCUT2D eigenvalue weighted by atomic mass is 16.6. The van der Waals surface area contributed by atoms with Crippen LogP contribution >= 0.6 is 0 Å². The number of esters is 1. The van der Waals surface area contributed by atoms with Crippen LogP contribution in [-0.2, 0) is 19.7 Å². The Morgan fingerprint density at radius 3 is 2.93 bits per heavy atom. The van der Waals surface area contributed by atoms with E-state index in [1.807, 2.05) is 25.1 Å². The summed E-state index contributed by atoms with van der Waals surface area (Å²) in [5, 5.41) is 14.3. The maximum atomic E-state index is 14.3.